The van der Waals surface area contributed by atoms with Crippen LogP contribution in [0, 0.1) is 0 Å². The lowest BCUT2D eigenvalue weighted by Gasteiger charge is -2.04. The lowest BCUT2D eigenvalue weighted by Crippen LogP contribution is -2.10. The normalized spacial score (nSPS) is 10.9. The summed E-state index contributed by atoms with van der Waals surface area (Å²) in [6, 6.07) is 7.74. The fourth-order valence-corrected chi connectivity index (χ4v) is 3.23. The van der Waals surface area contributed by atoms with Crippen molar-refractivity contribution < 1.29 is 4.79 Å². The molecule has 1 amide bonds. The molecule has 0 heterocycles. The second-order valence-electron chi connectivity index (χ2n) is 7.06. The lowest BCUT2D eigenvalue weighted by molar-refractivity contribution is 0.1000. The number of carbonyl (C=O) groups excluding carboxylic acids is 1. The van der Waals surface area contributed by atoms with E-state index in [1.165, 1.54) is 89.0 Å². The predicted molar refractivity (Wildman–Crippen MR) is 104 cm³/mol. The maximum Gasteiger partial charge on any atom is 0.248 e. The lowest BCUT2D eigenvalue weighted by atomic mass is 10.0. The molecular weight excluding hydrogens is 294 g/mol. The van der Waals surface area contributed by atoms with E-state index in [9.17, 15) is 4.79 Å². The molecule has 1 aromatic carbocycles. The predicted octanol–water partition coefficient (Wildman–Crippen LogP) is 6.42. The summed E-state index contributed by atoms with van der Waals surface area (Å²) < 4.78 is 0. The summed E-state index contributed by atoms with van der Waals surface area (Å²) in [5.41, 5.74) is 7.18. The van der Waals surface area contributed by atoms with Gasteiger partial charge in [-0.3, -0.25) is 4.79 Å². The number of hydrogen-bond acceptors (Lipinski definition) is 1. The van der Waals surface area contributed by atoms with Gasteiger partial charge in [0, 0.05) is 5.56 Å². The first-order chi connectivity index (χ1) is 11.7. The maximum absolute atomic E-state index is 11.2. The van der Waals surface area contributed by atoms with Crippen LogP contribution in [0.3, 0.4) is 0 Å². The van der Waals surface area contributed by atoms with Crippen LogP contribution in [-0.4, -0.2) is 5.91 Å². The second-order valence-corrected chi connectivity index (χ2v) is 7.06. The molecule has 0 unspecified atom stereocenters. The Morgan fingerprint density at radius 1 is 0.792 bits per heavy atom. The highest BCUT2D eigenvalue weighted by molar-refractivity contribution is 5.92. The molecule has 0 spiro atoms. The van der Waals surface area contributed by atoms with E-state index in [0.717, 1.165) is 6.42 Å². The largest absolute Gasteiger partial charge is 0.366 e. The van der Waals surface area contributed by atoms with Crippen molar-refractivity contribution in [2.45, 2.75) is 96.8 Å². The van der Waals surface area contributed by atoms with E-state index >= 15 is 0 Å². The third-order valence-corrected chi connectivity index (χ3v) is 4.78. The Morgan fingerprint density at radius 2 is 1.29 bits per heavy atom. The van der Waals surface area contributed by atoms with Gasteiger partial charge in [-0.25, -0.2) is 0 Å². The minimum atomic E-state index is -0.331. The molecule has 2 nitrogen and oxygen atoms in total. The molecule has 2 N–H and O–H groups in total. The summed E-state index contributed by atoms with van der Waals surface area (Å²) in [4.78, 5) is 11.2. The Hall–Kier alpha value is -1.31. The summed E-state index contributed by atoms with van der Waals surface area (Å²) >= 11 is 0. The Balaban J connectivity index is 1.90. The summed E-state index contributed by atoms with van der Waals surface area (Å²) in [7, 11) is 0. The number of benzene rings is 1. The SMILES string of the molecule is CCCCCCCCCCCCCCCc1cccc(C(N)=O)c1. The quantitative estimate of drug-likeness (QED) is 0.370. The Morgan fingerprint density at radius 3 is 1.79 bits per heavy atom. The van der Waals surface area contributed by atoms with E-state index < -0.39 is 0 Å². The second kappa shape index (κ2) is 14.1. The monoisotopic (exact) mass is 331 g/mol. The highest BCUT2D eigenvalue weighted by Crippen LogP contribution is 2.14. The Labute approximate surface area is 149 Å². The van der Waals surface area contributed by atoms with Gasteiger partial charge >= 0.3 is 0 Å². The van der Waals surface area contributed by atoms with Crippen LogP contribution in [-0.2, 0) is 6.42 Å². The fourth-order valence-electron chi connectivity index (χ4n) is 3.23. The number of aryl methyl sites for hydroxylation is 1. The minimum absolute atomic E-state index is 0.331. The van der Waals surface area contributed by atoms with Crippen molar-refractivity contribution >= 4 is 5.91 Å². The van der Waals surface area contributed by atoms with Crippen molar-refractivity contribution in [3.63, 3.8) is 0 Å². The molecular formula is C22H37NO. The molecule has 0 atom stereocenters. The zero-order valence-electron chi connectivity index (χ0n) is 15.7. The van der Waals surface area contributed by atoms with Crippen LogP contribution in [0.4, 0.5) is 0 Å². The van der Waals surface area contributed by atoms with Crippen LogP contribution in [0.25, 0.3) is 0 Å². The van der Waals surface area contributed by atoms with Gasteiger partial charge in [0.15, 0.2) is 0 Å². The van der Waals surface area contributed by atoms with E-state index in [0.29, 0.717) is 5.56 Å². The first-order valence-corrected chi connectivity index (χ1v) is 10.1. The van der Waals surface area contributed by atoms with E-state index in [-0.39, 0.29) is 5.91 Å². The van der Waals surface area contributed by atoms with E-state index in [1.807, 2.05) is 12.1 Å². The van der Waals surface area contributed by atoms with E-state index in [2.05, 4.69) is 13.0 Å². The minimum Gasteiger partial charge on any atom is -0.366 e. The smallest absolute Gasteiger partial charge is 0.248 e. The summed E-state index contributed by atoms with van der Waals surface area (Å²) in [6.07, 6.45) is 19.0. The zero-order valence-corrected chi connectivity index (χ0v) is 15.7. The molecule has 1 aromatic rings. The Kier molecular flexibility index (Phi) is 12.2. The molecule has 0 bridgehead atoms. The fraction of sp³-hybridized carbons (Fsp3) is 0.682. The van der Waals surface area contributed by atoms with Gasteiger partial charge in [0.05, 0.1) is 0 Å². The zero-order chi connectivity index (χ0) is 17.5. The van der Waals surface area contributed by atoms with Gasteiger partial charge in [-0.2, -0.15) is 0 Å². The number of primary amides is 1. The first kappa shape index (κ1) is 20.7. The van der Waals surface area contributed by atoms with Gasteiger partial charge in [0.1, 0.15) is 0 Å². The highest BCUT2D eigenvalue weighted by atomic mass is 16.1. The van der Waals surface area contributed by atoms with Crippen LogP contribution < -0.4 is 5.73 Å². The summed E-state index contributed by atoms with van der Waals surface area (Å²) in [5.74, 6) is -0.331. The number of rotatable bonds is 15. The van der Waals surface area contributed by atoms with Crippen LogP contribution in [0.1, 0.15) is 106 Å². The Bertz CT molecular complexity index is 441. The maximum atomic E-state index is 11.2. The van der Waals surface area contributed by atoms with Crippen LogP contribution >= 0.6 is 0 Å². The van der Waals surface area contributed by atoms with Crippen LogP contribution in [0.2, 0.25) is 0 Å². The molecule has 0 aliphatic carbocycles. The van der Waals surface area contributed by atoms with Gasteiger partial charge in [-0.1, -0.05) is 96.1 Å². The van der Waals surface area contributed by atoms with Crippen LogP contribution in [0.15, 0.2) is 24.3 Å². The van der Waals surface area contributed by atoms with E-state index in [4.69, 9.17) is 5.73 Å². The number of carbonyl (C=O) groups is 1. The van der Waals surface area contributed by atoms with Gasteiger partial charge in [-0.05, 0) is 30.5 Å². The molecule has 0 radical (unpaired) electrons. The molecule has 24 heavy (non-hydrogen) atoms. The molecule has 0 aliphatic heterocycles. The average Bonchev–Trinajstić information content (AvgIpc) is 2.59. The topological polar surface area (TPSA) is 43.1 Å². The number of nitrogens with two attached hydrogens (primary N) is 1. The van der Waals surface area contributed by atoms with Crippen molar-refractivity contribution in [3.05, 3.63) is 35.4 Å². The van der Waals surface area contributed by atoms with Crippen molar-refractivity contribution in [2.24, 2.45) is 5.73 Å². The van der Waals surface area contributed by atoms with Crippen LogP contribution in [0.5, 0.6) is 0 Å². The van der Waals surface area contributed by atoms with Crippen molar-refractivity contribution in [3.8, 4) is 0 Å². The standard InChI is InChI=1S/C22H37NO/c1-2-3-4-5-6-7-8-9-10-11-12-13-14-16-20-17-15-18-21(19-20)22(23)24/h15,17-19H,2-14,16H2,1H3,(H2,23,24). The molecule has 0 saturated heterocycles. The average molecular weight is 332 g/mol. The van der Waals surface area contributed by atoms with Gasteiger partial charge in [-0.15, -0.1) is 0 Å². The van der Waals surface area contributed by atoms with Gasteiger partial charge < -0.3 is 5.73 Å². The highest BCUT2D eigenvalue weighted by Gasteiger charge is 2.01. The van der Waals surface area contributed by atoms with Gasteiger partial charge in [0.25, 0.3) is 0 Å². The molecule has 0 aliphatic rings. The number of amides is 1. The van der Waals surface area contributed by atoms with E-state index in [1.54, 1.807) is 6.07 Å². The molecule has 1 rings (SSSR count). The third-order valence-electron chi connectivity index (χ3n) is 4.78. The third kappa shape index (κ3) is 10.5. The van der Waals surface area contributed by atoms with Crippen molar-refractivity contribution in [1.82, 2.24) is 0 Å². The molecule has 0 saturated carbocycles. The number of hydrogen-bond donors (Lipinski definition) is 1. The van der Waals surface area contributed by atoms with Gasteiger partial charge in [0.2, 0.25) is 5.91 Å². The molecule has 2 heteroatoms. The van der Waals surface area contributed by atoms with Crippen molar-refractivity contribution in [2.75, 3.05) is 0 Å². The number of unbranched alkanes of at least 4 members (excludes halogenated alkanes) is 12. The summed E-state index contributed by atoms with van der Waals surface area (Å²) in [5, 5.41) is 0. The molecule has 0 aromatic heterocycles. The summed E-state index contributed by atoms with van der Waals surface area (Å²) in [6.45, 7) is 2.28. The first-order valence-electron chi connectivity index (χ1n) is 10.1. The molecule has 0 fully saturated rings. The van der Waals surface area contributed by atoms with Crippen molar-refractivity contribution in [1.29, 1.82) is 0 Å². The molecule has 136 valence electrons.